The molecular formula is C8H15N3O2. The highest BCUT2D eigenvalue weighted by atomic mass is 16.7. The van der Waals surface area contributed by atoms with Gasteiger partial charge in [-0.25, -0.2) is 4.98 Å². The van der Waals surface area contributed by atoms with Gasteiger partial charge in [0.25, 0.3) is 0 Å². The van der Waals surface area contributed by atoms with Crippen LogP contribution in [0.3, 0.4) is 0 Å². The normalized spacial score (nSPS) is 11.0. The number of nitrogens with one attached hydrogen (secondary N) is 1. The molecule has 0 radical (unpaired) electrons. The number of nitrogen functional groups attached to an aromatic ring is 1. The molecule has 0 amide bonds. The monoisotopic (exact) mass is 185 g/mol. The van der Waals surface area contributed by atoms with Gasteiger partial charge in [-0.2, -0.15) is 0 Å². The van der Waals surface area contributed by atoms with Crippen molar-refractivity contribution in [3.8, 4) is 0 Å². The van der Waals surface area contributed by atoms with E-state index in [-0.39, 0.29) is 6.29 Å². The van der Waals surface area contributed by atoms with Crippen molar-refractivity contribution in [3.63, 3.8) is 0 Å². The van der Waals surface area contributed by atoms with Crippen LogP contribution < -0.4 is 5.73 Å². The molecule has 1 heterocycles. The predicted octanol–water partition coefficient (Wildman–Crippen LogP) is 1.06. The summed E-state index contributed by atoms with van der Waals surface area (Å²) in [5, 5.41) is 0. The van der Waals surface area contributed by atoms with Gasteiger partial charge < -0.3 is 20.2 Å². The van der Waals surface area contributed by atoms with Crippen LogP contribution >= 0.6 is 0 Å². The Hall–Kier alpha value is -1.07. The van der Waals surface area contributed by atoms with Crippen molar-refractivity contribution in [3.05, 3.63) is 11.9 Å². The number of H-pyrrole nitrogens is 1. The third-order valence-corrected chi connectivity index (χ3v) is 1.51. The van der Waals surface area contributed by atoms with Crippen LogP contribution in [-0.2, 0) is 9.47 Å². The Morgan fingerprint density at radius 2 is 2.08 bits per heavy atom. The highest BCUT2D eigenvalue weighted by Gasteiger charge is 2.12. The topological polar surface area (TPSA) is 73.2 Å². The van der Waals surface area contributed by atoms with Gasteiger partial charge in [0.2, 0.25) is 6.29 Å². The number of nitrogens with zero attached hydrogens (tertiary/aromatic N) is 1. The Morgan fingerprint density at radius 1 is 1.46 bits per heavy atom. The molecule has 0 spiro atoms. The van der Waals surface area contributed by atoms with E-state index in [9.17, 15) is 0 Å². The quantitative estimate of drug-likeness (QED) is 0.673. The third kappa shape index (κ3) is 2.71. The largest absolute Gasteiger partial charge is 0.369 e. The summed E-state index contributed by atoms with van der Waals surface area (Å²) in [5.74, 6) is 0.374. The molecule has 1 rings (SSSR count). The Morgan fingerprint density at radius 3 is 2.46 bits per heavy atom. The lowest BCUT2D eigenvalue weighted by atomic mass is 10.4. The summed E-state index contributed by atoms with van der Waals surface area (Å²) in [7, 11) is 0. The summed E-state index contributed by atoms with van der Waals surface area (Å²) < 4.78 is 10.7. The van der Waals surface area contributed by atoms with Gasteiger partial charge in [-0.3, -0.25) is 0 Å². The minimum atomic E-state index is -0.389. The molecule has 0 aliphatic rings. The van der Waals surface area contributed by atoms with Crippen LogP contribution in [-0.4, -0.2) is 23.2 Å². The maximum Gasteiger partial charge on any atom is 0.200 e. The number of hydrogen-bond acceptors (Lipinski definition) is 4. The van der Waals surface area contributed by atoms with Crippen LogP contribution in [0.25, 0.3) is 0 Å². The number of hydrogen-bond donors (Lipinski definition) is 2. The fourth-order valence-electron chi connectivity index (χ4n) is 1.00. The van der Waals surface area contributed by atoms with E-state index in [1.54, 1.807) is 6.20 Å². The van der Waals surface area contributed by atoms with E-state index in [1.165, 1.54) is 0 Å². The van der Waals surface area contributed by atoms with Crippen LogP contribution in [0.4, 0.5) is 5.95 Å². The molecule has 1 aromatic rings. The van der Waals surface area contributed by atoms with Crippen LogP contribution in [0.2, 0.25) is 0 Å². The lowest BCUT2D eigenvalue weighted by Crippen LogP contribution is -2.09. The smallest absolute Gasteiger partial charge is 0.200 e. The molecule has 0 fully saturated rings. The lowest BCUT2D eigenvalue weighted by molar-refractivity contribution is -0.142. The van der Waals surface area contributed by atoms with Gasteiger partial charge in [0.05, 0.1) is 11.9 Å². The fourth-order valence-corrected chi connectivity index (χ4v) is 1.00. The van der Waals surface area contributed by atoms with Crippen LogP contribution in [0, 0.1) is 0 Å². The second-order valence-corrected chi connectivity index (χ2v) is 2.47. The molecule has 0 aromatic carbocycles. The Balaban J connectivity index is 2.63. The third-order valence-electron chi connectivity index (χ3n) is 1.51. The molecule has 0 aliphatic heterocycles. The Kier molecular flexibility index (Phi) is 3.72. The second-order valence-electron chi connectivity index (χ2n) is 2.47. The van der Waals surface area contributed by atoms with Gasteiger partial charge in [0, 0.05) is 13.2 Å². The first-order chi connectivity index (χ1) is 6.27. The van der Waals surface area contributed by atoms with Crippen molar-refractivity contribution < 1.29 is 9.47 Å². The highest BCUT2D eigenvalue weighted by molar-refractivity contribution is 5.18. The van der Waals surface area contributed by atoms with Crippen molar-refractivity contribution in [1.29, 1.82) is 0 Å². The maximum atomic E-state index is 5.43. The van der Waals surface area contributed by atoms with E-state index in [2.05, 4.69) is 9.97 Å². The predicted molar refractivity (Wildman–Crippen MR) is 49.0 cm³/mol. The SMILES string of the molecule is CCOC(OCC)c1cnc(N)[nH]1. The van der Waals surface area contributed by atoms with Gasteiger partial charge in [-0.15, -0.1) is 0 Å². The summed E-state index contributed by atoms with van der Waals surface area (Å²) in [6.07, 6.45) is 1.23. The standard InChI is InChI=1S/C8H15N3O2/c1-3-12-7(13-4-2)6-5-10-8(9)11-6/h5,7H,3-4H2,1-2H3,(H3,9,10,11). The summed E-state index contributed by atoms with van der Waals surface area (Å²) in [6.45, 7) is 4.99. The molecule has 13 heavy (non-hydrogen) atoms. The van der Waals surface area contributed by atoms with Gasteiger partial charge in [0.1, 0.15) is 0 Å². The van der Waals surface area contributed by atoms with Crippen molar-refractivity contribution >= 4 is 5.95 Å². The summed E-state index contributed by atoms with van der Waals surface area (Å²) in [4.78, 5) is 6.73. The van der Waals surface area contributed by atoms with Gasteiger partial charge >= 0.3 is 0 Å². The summed E-state index contributed by atoms with van der Waals surface area (Å²) in [5.41, 5.74) is 6.18. The molecule has 74 valence electrons. The van der Waals surface area contributed by atoms with Crippen molar-refractivity contribution in [2.24, 2.45) is 0 Å². The minimum Gasteiger partial charge on any atom is -0.369 e. The van der Waals surface area contributed by atoms with Crippen molar-refractivity contribution in [1.82, 2.24) is 9.97 Å². The molecule has 0 atom stereocenters. The first kappa shape index (κ1) is 10.0. The zero-order valence-corrected chi connectivity index (χ0v) is 7.91. The van der Waals surface area contributed by atoms with Crippen LogP contribution in [0.15, 0.2) is 6.20 Å². The van der Waals surface area contributed by atoms with Gasteiger partial charge in [-0.05, 0) is 13.8 Å². The summed E-state index contributed by atoms with van der Waals surface area (Å²) >= 11 is 0. The van der Waals surface area contributed by atoms with E-state index >= 15 is 0 Å². The van der Waals surface area contributed by atoms with Crippen LogP contribution in [0.1, 0.15) is 25.8 Å². The molecule has 1 aromatic heterocycles. The zero-order chi connectivity index (χ0) is 9.68. The molecular weight excluding hydrogens is 170 g/mol. The minimum absolute atomic E-state index is 0.374. The summed E-state index contributed by atoms with van der Waals surface area (Å²) in [6, 6.07) is 0. The molecule has 0 saturated heterocycles. The number of imidazole rings is 1. The number of rotatable bonds is 5. The fraction of sp³-hybridized carbons (Fsp3) is 0.625. The maximum absolute atomic E-state index is 5.43. The Bertz CT molecular complexity index is 243. The molecule has 5 heteroatoms. The number of ether oxygens (including phenoxy) is 2. The average Bonchev–Trinajstić information content (AvgIpc) is 2.51. The molecule has 0 aliphatic carbocycles. The van der Waals surface area contributed by atoms with E-state index in [0.717, 1.165) is 5.69 Å². The van der Waals surface area contributed by atoms with E-state index < -0.39 is 0 Å². The van der Waals surface area contributed by atoms with Gasteiger partial charge in [-0.1, -0.05) is 0 Å². The molecule has 3 N–H and O–H groups in total. The molecule has 0 bridgehead atoms. The molecule has 5 nitrogen and oxygen atoms in total. The van der Waals surface area contributed by atoms with E-state index in [4.69, 9.17) is 15.2 Å². The Labute approximate surface area is 77.3 Å². The first-order valence-electron chi connectivity index (χ1n) is 4.31. The number of anilines is 1. The second kappa shape index (κ2) is 4.84. The average molecular weight is 185 g/mol. The molecule has 0 saturated carbocycles. The van der Waals surface area contributed by atoms with E-state index in [0.29, 0.717) is 19.2 Å². The van der Waals surface area contributed by atoms with Crippen LogP contribution in [0.5, 0.6) is 0 Å². The van der Waals surface area contributed by atoms with E-state index in [1.807, 2.05) is 13.8 Å². The lowest BCUT2D eigenvalue weighted by Gasteiger charge is -2.14. The highest BCUT2D eigenvalue weighted by Crippen LogP contribution is 2.16. The molecule has 0 unspecified atom stereocenters. The zero-order valence-electron chi connectivity index (χ0n) is 7.91. The number of nitrogens with two attached hydrogens (primary N) is 1. The van der Waals surface area contributed by atoms with Gasteiger partial charge in [0.15, 0.2) is 5.95 Å². The first-order valence-corrected chi connectivity index (χ1v) is 4.31. The number of aromatic amines is 1. The van der Waals surface area contributed by atoms with Crippen molar-refractivity contribution in [2.75, 3.05) is 18.9 Å². The van der Waals surface area contributed by atoms with Crippen molar-refractivity contribution in [2.45, 2.75) is 20.1 Å². The number of aromatic nitrogens is 2.